The third-order valence-corrected chi connectivity index (χ3v) is 6.28. The minimum Gasteiger partial charge on any atom is -0.463 e. The molecule has 0 N–H and O–H groups in total. The van der Waals surface area contributed by atoms with E-state index in [4.69, 9.17) is 4.74 Å². The standard InChI is InChI=1S/C23H23FN4O3S/c1-5-27-12-16(13(3)26-27)11-18-21(29)28-20(15-7-9-17(24)10-8-15)19(22(30)31-6-2)14(4)25-23(28)32-18/h7-12,20H,5-6H2,1-4H3/b18-11-. The van der Waals surface area contributed by atoms with Crippen LogP contribution < -0.4 is 14.9 Å². The van der Waals surface area contributed by atoms with E-state index in [9.17, 15) is 14.0 Å². The number of hydrogen-bond acceptors (Lipinski definition) is 6. The molecule has 3 aromatic rings. The first-order valence-electron chi connectivity index (χ1n) is 10.3. The van der Waals surface area contributed by atoms with Crippen molar-refractivity contribution in [3.63, 3.8) is 0 Å². The molecule has 1 unspecified atom stereocenters. The molecule has 0 saturated heterocycles. The minimum atomic E-state index is -0.757. The van der Waals surface area contributed by atoms with Gasteiger partial charge in [0.05, 0.1) is 34.1 Å². The second-order valence-corrected chi connectivity index (χ2v) is 8.39. The summed E-state index contributed by atoms with van der Waals surface area (Å²) in [6.07, 6.45) is 3.68. The van der Waals surface area contributed by atoms with Crippen LogP contribution in [-0.2, 0) is 16.1 Å². The Morgan fingerprint density at radius 2 is 1.97 bits per heavy atom. The monoisotopic (exact) mass is 454 g/mol. The van der Waals surface area contributed by atoms with E-state index in [1.54, 1.807) is 32.1 Å². The summed E-state index contributed by atoms with van der Waals surface area (Å²) in [6, 6.07) is 5.01. The third-order valence-electron chi connectivity index (χ3n) is 5.30. The van der Waals surface area contributed by atoms with Crippen molar-refractivity contribution in [3.05, 3.63) is 84.1 Å². The lowest BCUT2D eigenvalue weighted by atomic mass is 9.96. The first kappa shape index (κ1) is 21.9. The highest BCUT2D eigenvalue weighted by molar-refractivity contribution is 7.07. The Balaban J connectivity index is 1.95. The lowest BCUT2D eigenvalue weighted by Gasteiger charge is -2.24. The van der Waals surface area contributed by atoms with E-state index in [0.717, 1.165) is 17.8 Å². The quantitative estimate of drug-likeness (QED) is 0.555. The first-order valence-corrected chi connectivity index (χ1v) is 11.1. The summed E-state index contributed by atoms with van der Waals surface area (Å²) in [5.74, 6) is -0.944. The van der Waals surface area contributed by atoms with Gasteiger partial charge in [0.25, 0.3) is 5.56 Å². The van der Waals surface area contributed by atoms with E-state index in [1.165, 1.54) is 28.0 Å². The largest absolute Gasteiger partial charge is 0.463 e. The molecule has 0 saturated carbocycles. The van der Waals surface area contributed by atoms with Gasteiger partial charge >= 0.3 is 5.97 Å². The normalized spacial score (nSPS) is 16.2. The average molecular weight is 455 g/mol. The predicted octanol–water partition coefficient (Wildman–Crippen LogP) is 2.46. The van der Waals surface area contributed by atoms with Gasteiger partial charge in [-0.3, -0.25) is 14.0 Å². The summed E-state index contributed by atoms with van der Waals surface area (Å²) in [6.45, 7) is 8.23. The fraction of sp³-hybridized carbons (Fsp3) is 0.304. The van der Waals surface area contributed by atoms with Gasteiger partial charge in [0.15, 0.2) is 4.80 Å². The molecule has 7 nitrogen and oxygen atoms in total. The lowest BCUT2D eigenvalue weighted by molar-refractivity contribution is -0.139. The highest BCUT2D eigenvalue weighted by atomic mass is 32.1. The van der Waals surface area contributed by atoms with E-state index in [2.05, 4.69) is 10.1 Å². The molecule has 0 spiro atoms. The molecule has 9 heteroatoms. The first-order chi connectivity index (χ1) is 15.3. The van der Waals surface area contributed by atoms with E-state index >= 15 is 0 Å². The van der Waals surface area contributed by atoms with Crippen LogP contribution in [0.25, 0.3) is 6.08 Å². The van der Waals surface area contributed by atoms with Crippen LogP contribution in [0.2, 0.25) is 0 Å². The fourth-order valence-electron chi connectivity index (χ4n) is 3.73. The number of carbonyl (C=O) groups is 1. The van der Waals surface area contributed by atoms with Crippen molar-refractivity contribution in [3.8, 4) is 0 Å². The van der Waals surface area contributed by atoms with Gasteiger partial charge < -0.3 is 4.74 Å². The Kier molecular flexibility index (Phi) is 5.92. The summed E-state index contributed by atoms with van der Waals surface area (Å²) < 4.78 is 22.6. The van der Waals surface area contributed by atoms with Crippen LogP contribution in [0.1, 0.15) is 43.6 Å². The van der Waals surface area contributed by atoms with Gasteiger partial charge in [-0.25, -0.2) is 14.2 Å². The van der Waals surface area contributed by atoms with Gasteiger partial charge in [0.1, 0.15) is 5.82 Å². The minimum absolute atomic E-state index is 0.191. The van der Waals surface area contributed by atoms with E-state index in [0.29, 0.717) is 20.6 Å². The molecule has 0 amide bonds. The molecule has 1 aliphatic rings. The number of rotatable bonds is 5. The molecule has 0 radical (unpaired) electrons. The maximum Gasteiger partial charge on any atom is 0.338 e. The zero-order chi connectivity index (χ0) is 23.0. The molecule has 0 aliphatic carbocycles. The summed E-state index contributed by atoms with van der Waals surface area (Å²) in [7, 11) is 0. The number of aromatic nitrogens is 3. The maximum absolute atomic E-state index is 13.6. The molecule has 0 bridgehead atoms. The molecule has 1 aliphatic heterocycles. The number of allylic oxidation sites excluding steroid dienone is 1. The molecule has 1 atom stereocenters. The Morgan fingerprint density at radius 1 is 1.25 bits per heavy atom. The van der Waals surface area contributed by atoms with Gasteiger partial charge in [0, 0.05) is 18.3 Å². The van der Waals surface area contributed by atoms with Crippen LogP contribution in [0.4, 0.5) is 4.39 Å². The third kappa shape index (κ3) is 3.84. The number of fused-ring (bicyclic) bond motifs is 1. The number of ether oxygens (including phenoxy) is 1. The van der Waals surface area contributed by atoms with Crippen molar-refractivity contribution >= 4 is 23.4 Å². The number of aryl methyl sites for hydroxylation is 2. The van der Waals surface area contributed by atoms with Crippen LogP contribution in [-0.4, -0.2) is 26.9 Å². The highest BCUT2D eigenvalue weighted by Gasteiger charge is 2.33. The zero-order valence-electron chi connectivity index (χ0n) is 18.3. The van der Waals surface area contributed by atoms with Gasteiger partial charge in [-0.2, -0.15) is 5.10 Å². The fourth-order valence-corrected chi connectivity index (χ4v) is 4.77. The number of hydrogen-bond donors (Lipinski definition) is 0. The molecule has 3 heterocycles. The number of esters is 1. The number of benzene rings is 1. The van der Waals surface area contributed by atoms with Gasteiger partial charge in [0.2, 0.25) is 0 Å². The predicted molar refractivity (Wildman–Crippen MR) is 119 cm³/mol. The number of carbonyl (C=O) groups excluding carboxylic acids is 1. The number of thiazole rings is 1. The van der Waals surface area contributed by atoms with E-state index in [-0.39, 0.29) is 17.7 Å². The molecule has 4 rings (SSSR count). The van der Waals surface area contributed by atoms with Crippen LogP contribution in [0.5, 0.6) is 0 Å². The molecule has 1 aromatic carbocycles. The second-order valence-electron chi connectivity index (χ2n) is 7.38. The van der Waals surface area contributed by atoms with Gasteiger partial charge in [-0.1, -0.05) is 23.5 Å². The topological polar surface area (TPSA) is 78.5 Å². The molecular weight excluding hydrogens is 431 g/mol. The number of halogens is 1. The van der Waals surface area contributed by atoms with Crippen molar-refractivity contribution in [2.75, 3.05) is 6.61 Å². The Hall–Kier alpha value is -3.33. The smallest absolute Gasteiger partial charge is 0.338 e. The Labute approximate surface area is 187 Å². The van der Waals surface area contributed by atoms with E-state index < -0.39 is 17.8 Å². The Bertz CT molecular complexity index is 1400. The van der Waals surface area contributed by atoms with Crippen molar-refractivity contribution in [1.29, 1.82) is 0 Å². The number of nitrogens with zero attached hydrogens (tertiary/aromatic N) is 4. The SMILES string of the molecule is CCOC(=O)C1=C(C)N=c2s/c(=C\c3cn(CC)nc3C)c(=O)n2C1c1ccc(F)cc1. The molecule has 32 heavy (non-hydrogen) atoms. The molecule has 0 fully saturated rings. The van der Waals surface area contributed by atoms with Crippen molar-refractivity contribution in [1.82, 2.24) is 14.3 Å². The van der Waals surface area contributed by atoms with Crippen LogP contribution in [0, 0.1) is 12.7 Å². The zero-order valence-corrected chi connectivity index (χ0v) is 19.1. The highest BCUT2D eigenvalue weighted by Crippen LogP contribution is 2.30. The van der Waals surface area contributed by atoms with Crippen molar-refractivity contribution in [2.24, 2.45) is 4.99 Å². The van der Waals surface area contributed by atoms with Crippen LogP contribution in [0.3, 0.4) is 0 Å². The van der Waals surface area contributed by atoms with E-state index in [1.807, 2.05) is 24.7 Å². The van der Waals surface area contributed by atoms with Crippen LogP contribution in [0.15, 0.2) is 51.5 Å². The summed E-state index contributed by atoms with van der Waals surface area (Å²) in [5.41, 5.74) is 2.73. The summed E-state index contributed by atoms with van der Waals surface area (Å²) in [5, 5.41) is 4.43. The maximum atomic E-state index is 13.6. The summed E-state index contributed by atoms with van der Waals surface area (Å²) >= 11 is 1.25. The second kappa shape index (κ2) is 8.66. The lowest BCUT2D eigenvalue weighted by Crippen LogP contribution is -2.39. The van der Waals surface area contributed by atoms with Gasteiger partial charge in [-0.05, 0) is 51.5 Å². The molecule has 166 valence electrons. The Morgan fingerprint density at radius 3 is 2.59 bits per heavy atom. The molecular formula is C23H23FN4O3S. The van der Waals surface area contributed by atoms with Gasteiger partial charge in [-0.15, -0.1) is 0 Å². The average Bonchev–Trinajstić information content (AvgIpc) is 3.27. The summed E-state index contributed by atoms with van der Waals surface area (Å²) in [4.78, 5) is 31.3. The van der Waals surface area contributed by atoms with Crippen molar-refractivity contribution < 1.29 is 13.9 Å². The van der Waals surface area contributed by atoms with Crippen LogP contribution >= 0.6 is 11.3 Å². The van der Waals surface area contributed by atoms with Crippen molar-refractivity contribution in [2.45, 2.75) is 40.3 Å². The molecule has 2 aromatic heterocycles.